The largest absolute Gasteiger partial charge is 0.369 e. The van der Waals surface area contributed by atoms with Crippen molar-refractivity contribution >= 4 is 5.69 Å². The lowest BCUT2D eigenvalue weighted by atomic mass is 9.72. The summed E-state index contributed by atoms with van der Waals surface area (Å²) < 4.78 is 19.8. The first-order chi connectivity index (χ1) is 14.1. The van der Waals surface area contributed by atoms with Crippen molar-refractivity contribution < 1.29 is 9.13 Å². The highest BCUT2D eigenvalue weighted by atomic mass is 19.1. The molecule has 4 heteroatoms. The molecule has 3 aliphatic rings. The summed E-state index contributed by atoms with van der Waals surface area (Å²) in [6, 6.07) is 16.4. The van der Waals surface area contributed by atoms with Gasteiger partial charge in [-0.1, -0.05) is 31.2 Å². The Morgan fingerprint density at radius 1 is 0.966 bits per heavy atom. The van der Waals surface area contributed by atoms with Crippen molar-refractivity contribution in [1.82, 2.24) is 4.90 Å². The Bertz CT molecular complexity index is 861. The Hall–Kier alpha value is -1.91. The van der Waals surface area contributed by atoms with Crippen LogP contribution in [0.1, 0.15) is 50.3 Å². The van der Waals surface area contributed by atoms with Crippen LogP contribution in [0.4, 0.5) is 10.1 Å². The molecule has 154 valence electrons. The smallest absolute Gasteiger partial charge is 0.123 e. The van der Waals surface area contributed by atoms with E-state index in [2.05, 4.69) is 47.9 Å². The van der Waals surface area contributed by atoms with Crippen molar-refractivity contribution in [2.75, 3.05) is 31.1 Å². The van der Waals surface area contributed by atoms with E-state index in [0.717, 1.165) is 44.7 Å². The van der Waals surface area contributed by atoms with Gasteiger partial charge in [0.25, 0.3) is 0 Å². The standard InChI is InChI=1S/C25H31FN2O/c1-18-17-25(23-6-4-3-5-22(23)19(2)29-25)12-11-24(18)28-15-13-27(14-16-28)21-9-7-20(26)8-10-21/h3-10,18-19,24H,11-17H2,1-2H3. The molecule has 0 amide bonds. The molecule has 0 aromatic heterocycles. The van der Waals surface area contributed by atoms with Crippen molar-refractivity contribution in [2.45, 2.75) is 50.9 Å². The van der Waals surface area contributed by atoms with Gasteiger partial charge in [-0.15, -0.1) is 0 Å². The highest BCUT2D eigenvalue weighted by molar-refractivity contribution is 5.46. The van der Waals surface area contributed by atoms with Gasteiger partial charge in [-0.2, -0.15) is 0 Å². The SMILES string of the molecule is CC1OC2(CCC(N3CCN(c4ccc(F)cc4)CC3)C(C)C2)c2ccccc21. The van der Waals surface area contributed by atoms with Gasteiger partial charge >= 0.3 is 0 Å². The molecule has 4 atom stereocenters. The van der Waals surface area contributed by atoms with Crippen molar-refractivity contribution in [3.8, 4) is 0 Å². The quantitative estimate of drug-likeness (QED) is 0.703. The van der Waals surface area contributed by atoms with Gasteiger partial charge in [0.15, 0.2) is 0 Å². The van der Waals surface area contributed by atoms with E-state index in [1.54, 1.807) is 12.1 Å². The van der Waals surface area contributed by atoms with E-state index in [4.69, 9.17) is 4.74 Å². The number of piperazine rings is 1. The van der Waals surface area contributed by atoms with Gasteiger partial charge in [0.05, 0.1) is 11.7 Å². The molecule has 29 heavy (non-hydrogen) atoms. The fraction of sp³-hybridized carbons (Fsp3) is 0.520. The van der Waals surface area contributed by atoms with Gasteiger partial charge in [0.2, 0.25) is 0 Å². The van der Waals surface area contributed by atoms with Gasteiger partial charge in [0.1, 0.15) is 5.82 Å². The number of hydrogen-bond acceptors (Lipinski definition) is 3. The van der Waals surface area contributed by atoms with Crippen LogP contribution >= 0.6 is 0 Å². The van der Waals surface area contributed by atoms with E-state index in [9.17, 15) is 4.39 Å². The molecule has 1 saturated heterocycles. The summed E-state index contributed by atoms with van der Waals surface area (Å²) in [5, 5.41) is 0. The second-order valence-electron chi connectivity index (χ2n) is 9.13. The summed E-state index contributed by atoms with van der Waals surface area (Å²) in [5.41, 5.74) is 3.86. The normalized spacial score (nSPS) is 32.5. The fourth-order valence-electron chi connectivity index (χ4n) is 6.01. The number of halogens is 1. The number of anilines is 1. The van der Waals surface area contributed by atoms with Gasteiger partial charge in [-0.25, -0.2) is 4.39 Å². The minimum atomic E-state index is -0.164. The van der Waals surface area contributed by atoms with Crippen LogP contribution in [0.15, 0.2) is 48.5 Å². The highest BCUT2D eigenvalue weighted by Crippen LogP contribution is 2.53. The molecule has 3 nitrogen and oxygen atoms in total. The Labute approximate surface area is 173 Å². The lowest BCUT2D eigenvalue weighted by Crippen LogP contribution is -2.54. The molecule has 0 bridgehead atoms. The van der Waals surface area contributed by atoms with E-state index < -0.39 is 0 Å². The summed E-state index contributed by atoms with van der Waals surface area (Å²) in [5.74, 6) is 0.446. The molecular formula is C25H31FN2O. The Morgan fingerprint density at radius 3 is 2.41 bits per heavy atom. The van der Waals surface area contributed by atoms with Crippen molar-refractivity contribution in [3.05, 3.63) is 65.5 Å². The van der Waals surface area contributed by atoms with Crippen LogP contribution < -0.4 is 4.90 Å². The molecule has 2 heterocycles. The van der Waals surface area contributed by atoms with Gasteiger partial charge in [0, 0.05) is 37.9 Å². The third-order valence-electron chi connectivity index (χ3n) is 7.42. The molecule has 2 fully saturated rings. The minimum Gasteiger partial charge on any atom is -0.369 e. The number of rotatable bonds is 2. The Morgan fingerprint density at radius 2 is 1.69 bits per heavy atom. The van der Waals surface area contributed by atoms with Gasteiger partial charge in [-0.3, -0.25) is 4.90 Å². The molecule has 2 aliphatic heterocycles. The summed E-state index contributed by atoms with van der Waals surface area (Å²) >= 11 is 0. The van der Waals surface area contributed by atoms with E-state index in [0.29, 0.717) is 12.0 Å². The zero-order valence-corrected chi connectivity index (χ0v) is 17.5. The van der Waals surface area contributed by atoms with Crippen LogP contribution in [0, 0.1) is 11.7 Å². The predicted octanol–water partition coefficient (Wildman–Crippen LogP) is 5.12. The summed E-state index contributed by atoms with van der Waals surface area (Å²) in [4.78, 5) is 5.06. The summed E-state index contributed by atoms with van der Waals surface area (Å²) in [6.45, 7) is 8.78. The van der Waals surface area contributed by atoms with E-state index in [1.807, 2.05) is 12.1 Å². The highest BCUT2D eigenvalue weighted by Gasteiger charge is 2.48. The van der Waals surface area contributed by atoms with Crippen molar-refractivity contribution in [3.63, 3.8) is 0 Å². The second-order valence-corrected chi connectivity index (χ2v) is 9.13. The average Bonchev–Trinajstić information content (AvgIpc) is 3.00. The predicted molar refractivity (Wildman–Crippen MR) is 115 cm³/mol. The van der Waals surface area contributed by atoms with E-state index >= 15 is 0 Å². The summed E-state index contributed by atoms with van der Waals surface area (Å²) in [6.07, 6.45) is 3.62. The van der Waals surface area contributed by atoms with E-state index in [1.165, 1.54) is 17.5 Å². The molecule has 5 rings (SSSR count). The van der Waals surface area contributed by atoms with E-state index in [-0.39, 0.29) is 17.5 Å². The van der Waals surface area contributed by atoms with Gasteiger partial charge in [-0.05, 0) is 67.5 Å². The Kier molecular flexibility index (Phi) is 4.87. The van der Waals surface area contributed by atoms with Gasteiger partial charge < -0.3 is 9.64 Å². The maximum absolute atomic E-state index is 13.2. The third-order valence-corrected chi connectivity index (χ3v) is 7.42. The lowest BCUT2D eigenvalue weighted by molar-refractivity contribution is -0.116. The Balaban J connectivity index is 1.24. The van der Waals surface area contributed by atoms with Crippen molar-refractivity contribution in [2.24, 2.45) is 5.92 Å². The van der Waals surface area contributed by atoms with Crippen LogP contribution in [-0.4, -0.2) is 37.1 Å². The maximum Gasteiger partial charge on any atom is 0.123 e. The summed E-state index contributed by atoms with van der Waals surface area (Å²) in [7, 11) is 0. The average molecular weight is 395 g/mol. The third kappa shape index (κ3) is 3.36. The molecule has 1 aliphatic carbocycles. The zero-order valence-electron chi connectivity index (χ0n) is 17.5. The number of benzene rings is 2. The molecule has 2 aromatic rings. The number of hydrogen-bond donors (Lipinski definition) is 0. The number of ether oxygens (including phenoxy) is 1. The monoisotopic (exact) mass is 394 g/mol. The minimum absolute atomic E-state index is 0.0815. The van der Waals surface area contributed by atoms with Crippen LogP contribution in [0.2, 0.25) is 0 Å². The first kappa shape index (κ1) is 19.1. The molecule has 0 N–H and O–H groups in total. The topological polar surface area (TPSA) is 15.7 Å². The van der Waals surface area contributed by atoms with Crippen LogP contribution in [-0.2, 0) is 10.3 Å². The molecule has 4 unspecified atom stereocenters. The second kappa shape index (κ2) is 7.41. The van der Waals surface area contributed by atoms with Crippen LogP contribution in [0.5, 0.6) is 0 Å². The molecule has 2 aromatic carbocycles. The molecule has 1 spiro atoms. The lowest BCUT2D eigenvalue weighted by Gasteiger charge is -2.48. The first-order valence-electron chi connectivity index (χ1n) is 11.1. The van der Waals surface area contributed by atoms with Crippen molar-refractivity contribution in [1.29, 1.82) is 0 Å². The maximum atomic E-state index is 13.2. The molecular weight excluding hydrogens is 363 g/mol. The fourth-order valence-corrected chi connectivity index (χ4v) is 6.01. The number of nitrogens with zero attached hydrogens (tertiary/aromatic N) is 2. The zero-order chi connectivity index (χ0) is 20.0. The first-order valence-corrected chi connectivity index (χ1v) is 11.1. The van der Waals surface area contributed by atoms with Crippen LogP contribution in [0.25, 0.3) is 0 Å². The molecule has 0 radical (unpaired) electrons. The van der Waals surface area contributed by atoms with Crippen LogP contribution in [0.3, 0.4) is 0 Å². The number of fused-ring (bicyclic) bond motifs is 2. The molecule has 1 saturated carbocycles.